The summed E-state index contributed by atoms with van der Waals surface area (Å²) in [4.78, 5) is 39.6. The molecule has 7 rings (SSSR count). The largest absolute Gasteiger partial charge is 0.348 e. The topological polar surface area (TPSA) is 103 Å². The van der Waals surface area contributed by atoms with Crippen molar-refractivity contribution in [3.63, 3.8) is 0 Å². The summed E-state index contributed by atoms with van der Waals surface area (Å²) in [6.07, 6.45) is -4.36. The van der Waals surface area contributed by atoms with E-state index in [-0.39, 0.29) is 39.7 Å². The zero-order valence-corrected chi connectivity index (χ0v) is 28.7. The Balaban J connectivity index is 1.34. The molecule has 0 saturated heterocycles. The quantitative estimate of drug-likeness (QED) is 0.121. The summed E-state index contributed by atoms with van der Waals surface area (Å²) in [5, 5.41) is 6.10. The van der Waals surface area contributed by atoms with Crippen LogP contribution in [0, 0.1) is 30.4 Å². The second-order valence-corrected chi connectivity index (χ2v) is 13.4. The van der Waals surface area contributed by atoms with Crippen LogP contribution in [0.4, 0.5) is 35.1 Å². The zero-order valence-electron chi connectivity index (χ0n) is 28.7. The maximum Gasteiger partial charge on any atom is 0.290 e. The number of rotatable bonds is 9. The SMILES string of the molecule is Cc1cc(C#Cc2ncc(-c3ccc4c(c3)C(=O)NC4)c([C@@H](CC(=O)Cn3nc(C(F)F)c4c3C(F)(F)CCC4(F)F)Cc3cc(F)cc(F)c3)n2)ccn1. The van der Waals surface area contributed by atoms with Crippen LogP contribution in [0.2, 0.25) is 0 Å². The lowest BCUT2D eigenvalue weighted by Crippen LogP contribution is -2.33. The molecule has 0 unspecified atom stereocenters. The predicted molar refractivity (Wildman–Crippen MR) is 180 cm³/mol. The third kappa shape index (κ3) is 7.69. The van der Waals surface area contributed by atoms with Gasteiger partial charge < -0.3 is 5.32 Å². The van der Waals surface area contributed by atoms with Crippen molar-refractivity contribution >= 4 is 11.7 Å². The van der Waals surface area contributed by atoms with Gasteiger partial charge in [0.25, 0.3) is 24.2 Å². The second-order valence-electron chi connectivity index (χ2n) is 13.4. The van der Waals surface area contributed by atoms with Crippen molar-refractivity contribution in [1.82, 2.24) is 30.0 Å². The number of carbonyl (C=O) groups excluding carboxylic acids is 2. The molecule has 1 aliphatic carbocycles. The van der Waals surface area contributed by atoms with Crippen LogP contribution in [-0.2, 0) is 36.1 Å². The van der Waals surface area contributed by atoms with E-state index in [1.807, 2.05) is 0 Å². The zero-order chi connectivity index (χ0) is 39.2. The van der Waals surface area contributed by atoms with E-state index >= 15 is 8.78 Å². The molecule has 282 valence electrons. The molecule has 5 aromatic rings. The van der Waals surface area contributed by atoms with Crippen molar-refractivity contribution in [1.29, 1.82) is 0 Å². The van der Waals surface area contributed by atoms with Gasteiger partial charge in [-0.15, -0.1) is 0 Å². The number of halogens is 8. The average molecular weight is 765 g/mol. The molecule has 0 spiro atoms. The third-order valence-electron chi connectivity index (χ3n) is 9.38. The van der Waals surface area contributed by atoms with Crippen LogP contribution in [0.15, 0.2) is 60.9 Å². The van der Waals surface area contributed by atoms with Crippen LogP contribution >= 0.6 is 0 Å². The summed E-state index contributed by atoms with van der Waals surface area (Å²) >= 11 is 0. The molecule has 8 nitrogen and oxygen atoms in total. The molecule has 0 radical (unpaired) electrons. The molecule has 2 aromatic carbocycles. The van der Waals surface area contributed by atoms with Crippen LogP contribution in [0.1, 0.15) is 92.8 Å². The van der Waals surface area contributed by atoms with E-state index in [0.717, 1.165) is 12.1 Å². The molecular formula is C39H28F8N6O2. The summed E-state index contributed by atoms with van der Waals surface area (Å²) in [6, 6.07) is 11.0. The van der Waals surface area contributed by atoms with Crippen molar-refractivity contribution in [3.8, 4) is 23.0 Å². The number of hydrogen-bond donors (Lipinski definition) is 1. The first-order valence-electron chi connectivity index (χ1n) is 16.9. The summed E-state index contributed by atoms with van der Waals surface area (Å²) in [5.74, 6) is -6.59. The smallest absolute Gasteiger partial charge is 0.290 e. The van der Waals surface area contributed by atoms with Crippen molar-refractivity contribution < 1.29 is 44.7 Å². The minimum Gasteiger partial charge on any atom is -0.348 e. The van der Waals surface area contributed by atoms with E-state index in [9.17, 15) is 35.9 Å². The lowest BCUT2D eigenvalue weighted by atomic mass is 9.86. The highest BCUT2D eigenvalue weighted by Crippen LogP contribution is 2.52. The summed E-state index contributed by atoms with van der Waals surface area (Å²) in [5.41, 5.74) is -1.43. The van der Waals surface area contributed by atoms with E-state index in [2.05, 4.69) is 37.2 Å². The van der Waals surface area contributed by atoms with Crippen LogP contribution in [0.3, 0.4) is 0 Å². The molecule has 4 heterocycles. The summed E-state index contributed by atoms with van der Waals surface area (Å²) in [7, 11) is 0. The van der Waals surface area contributed by atoms with Gasteiger partial charge in [0.1, 0.15) is 29.6 Å². The van der Waals surface area contributed by atoms with Gasteiger partial charge in [0.05, 0.1) is 11.3 Å². The number of nitrogens with one attached hydrogen (secondary N) is 1. The normalized spacial score (nSPS) is 15.9. The van der Waals surface area contributed by atoms with E-state index in [0.29, 0.717) is 40.6 Å². The van der Waals surface area contributed by atoms with Crippen LogP contribution < -0.4 is 5.32 Å². The Morgan fingerprint density at radius 2 is 1.67 bits per heavy atom. The Bertz CT molecular complexity index is 2400. The van der Waals surface area contributed by atoms with E-state index in [1.165, 1.54) is 6.20 Å². The number of hydrogen-bond acceptors (Lipinski definition) is 6. The molecule has 0 saturated carbocycles. The molecule has 2 aliphatic rings. The molecule has 1 aliphatic heterocycles. The number of benzene rings is 2. The molecule has 0 bridgehead atoms. The van der Waals surface area contributed by atoms with Crippen molar-refractivity contribution in [3.05, 3.63) is 129 Å². The highest BCUT2D eigenvalue weighted by atomic mass is 19.3. The van der Waals surface area contributed by atoms with Crippen LogP contribution in [0.25, 0.3) is 11.1 Å². The van der Waals surface area contributed by atoms with Crippen molar-refractivity contribution in [2.45, 2.75) is 69.9 Å². The van der Waals surface area contributed by atoms with Crippen LogP contribution in [-0.4, -0.2) is 36.4 Å². The van der Waals surface area contributed by atoms with Gasteiger partial charge in [-0.05, 0) is 66.3 Å². The number of aryl methyl sites for hydroxylation is 1. The van der Waals surface area contributed by atoms with Gasteiger partial charge in [0, 0.05) is 72.6 Å². The molecule has 55 heavy (non-hydrogen) atoms. The number of amides is 1. The Hall–Kier alpha value is -5.98. The van der Waals surface area contributed by atoms with Gasteiger partial charge in [0.15, 0.2) is 5.78 Å². The number of alkyl halides is 6. The molecule has 0 fully saturated rings. The molecule has 16 heteroatoms. The standard InChI is InChI=1S/C39H28F8N6O2/c1-20-10-21(6-9-48-20)2-5-31-49-18-30(23-3-4-24-17-50-37(55)29(24)15-23)33(51-31)25(11-22-12-26(40)16-27(41)13-22)14-28(54)19-53-35-32(34(52-53)36(42)43)38(44,45)7-8-39(35,46)47/h3-4,6,9-10,12-13,15-16,18,25,36H,7-8,11,14,17,19H2,1H3,(H,50,55)/t25-/m1/s1. The Labute approximate surface area is 308 Å². The minimum atomic E-state index is -4.05. The van der Waals surface area contributed by atoms with E-state index in [4.69, 9.17) is 0 Å². The fraction of sp³-hybridized carbons (Fsp3) is 0.282. The number of ketones is 1. The molecule has 1 N–H and O–H groups in total. The molecule has 1 atom stereocenters. The van der Waals surface area contributed by atoms with Gasteiger partial charge in [-0.25, -0.2) is 36.3 Å². The fourth-order valence-electron chi connectivity index (χ4n) is 6.94. The van der Waals surface area contributed by atoms with Crippen molar-refractivity contribution in [2.24, 2.45) is 0 Å². The summed E-state index contributed by atoms with van der Waals surface area (Å²) in [6.45, 7) is 0.947. The number of pyridine rings is 1. The number of Topliss-reactive ketones (excluding diaryl/α,β-unsaturated/α-hetero) is 1. The van der Waals surface area contributed by atoms with Crippen LogP contribution in [0.5, 0.6) is 0 Å². The summed E-state index contributed by atoms with van der Waals surface area (Å²) < 4.78 is 117. The van der Waals surface area contributed by atoms with E-state index in [1.54, 1.807) is 43.5 Å². The number of carbonyl (C=O) groups is 2. The predicted octanol–water partition coefficient (Wildman–Crippen LogP) is 7.87. The number of nitrogens with zero attached hydrogens (tertiary/aromatic N) is 5. The highest BCUT2D eigenvalue weighted by Gasteiger charge is 2.55. The number of aromatic nitrogens is 5. The Morgan fingerprint density at radius 1 is 0.927 bits per heavy atom. The highest BCUT2D eigenvalue weighted by molar-refractivity contribution is 5.99. The van der Waals surface area contributed by atoms with Gasteiger partial charge in [0.2, 0.25) is 5.82 Å². The van der Waals surface area contributed by atoms with Gasteiger partial charge in [-0.3, -0.25) is 19.3 Å². The second kappa shape index (κ2) is 14.3. The molecule has 3 aromatic heterocycles. The van der Waals surface area contributed by atoms with Gasteiger partial charge in [-0.2, -0.15) is 13.9 Å². The average Bonchev–Trinajstić information content (AvgIpc) is 3.70. The van der Waals surface area contributed by atoms with Crippen molar-refractivity contribution in [2.75, 3.05) is 0 Å². The molecule has 1 amide bonds. The fourth-order valence-corrected chi connectivity index (χ4v) is 6.94. The third-order valence-corrected chi connectivity index (χ3v) is 9.38. The lowest BCUT2D eigenvalue weighted by molar-refractivity contribution is -0.121. The van der Waals surface area contributed by atoms with Gasteiger partial charge in [-0.1, -0.05) is 18.1 Å². The molecular weight excluding hydrogens is 736 g/mol. The first-order valence-corrected chi connectivity index (χ1v) is 16.9. The maximum atomic E-state index is 15.2. The first-order chi connectivity index (χ1) is 26.1. The van der Waals surface area contributed by atoms with Gasteiger partial charge >= 0.3 is 0 Å². The van der Waals surface area contributed by atoms with E-state index < -0.39 is 84.4 Å². The Kier molecular flexibility index (Phi) is 9.74. The lowest BCUT2D eigenvalue weighted by Gasteiger charge is -2.29. The number of fused-ring (bicyclic) bond motifs is 2. The minimum absolute atomic E-state index is 0.0421. The Morgan fingerprint density at radius 3 is 2.40 bits per heavy atom. The maximum absolute atomic E-state index is 15.2. The first kappa shape index (κ1) is 37.3. The monoisotopic (exact) mass is 764 g/mol.